The van der Waals surface area contributed by atoms with Crippen LogP contribution in [-0.2, 0) is 13.1 Å². The number of likely N-dealkylation sites (tertiary alicyclic amines) is 1. The fourth-order valence-corrected chi connectivity index (χ4v) is 4.35. The first-order valence-corrected chi connectivity index (χ1v) is 12.1. The first-order valence-electron chi connectivity index (χ1n) is 12.1. The maximum Gasteiger partial charge on any atom is 0.161 e. The average Bonchev–Trinajstić information content (AvgIpc) is 3.29. The van der Waals surface area contributed by atoms with Crippen LogP contribution in [0.2, 0.25) is 0 Å². The zero-order chi connectivity index (χ0) is 25.5. The van der Waals surface area contributed by atoms with Crippen molar-refractivity contribution in [1.82, 2.24) is 14.7 Å². The minimum atomic E-state index is -1.44. The van der Waals surface area contributed by atoms with Crippen molar-refractivity contribution in [3.05, 3.63) is 71.8 Å². The summed E-state index contributed by atoms with van der Waals surface area (Å²) >= 11 is 0. The molecule has 3 aromatic rings. The normalized spacial score (nSPS) is 20.3. The number of aliphatic hydroxyl groups is 2. The highest BCUT2D eigenvalue weighted by atomic mass is 19.1. The molecule has 1 saturated heterocycles. The molecule has 0 radical (unpaired) electrons. The maximum absolute atomic E-state index is 13.1. The molecule has 0 aliphatic carbocycles. The zero-order valence-electron chi connectivity index (χ0n) is 20.8. The van der Waals surface area contributed by atoms with Crippen LogP contribution in [0.4, 0.5) is 4.39 Å². The Morgan fingerprint density at radius 1 is 1.14 bits per heavy atom. The highest BCUT2D eigenvalue weighted by molar-refractivity contribution is 5.43. The van der Waals surface area contributed by atoms with Gasteiger partial charge in [-0.3, -0.25) is 9.58 Å². The van der Waals surface area contributed by atoms with Gasteiger partial charge in [-0.2, -0.15) is 5.10 Å². The molecule has 1 aliphatic rings. The number of aliphatic hydroxyl groups excluding tert-OH is 1. The molecule has 36 heavy (non-hydrogen) atoms. The lowest BCUT2D eigenvalue weighted by Crippen LogP contribution is -2.59. The summed E-state index contributed by atoms with van der Waals surface area (Å²) in [5, 5.41) is 25.9. The van der Waals surface area contributed by atoms with E-state index in [0.717, 1.165) is 24.1 Å². The molecule has 1 fully saturated rings. The van der Waals surface area contributed by atoms with Crippen molar-refractivity contribution in [2.24, 2.45) is 0 Å². The van der Waals surface area contributed by atoms with Gasteiger partial charge in [0.1, 0.15) is 23.8 Å². The van der Waals surface area contributed by atoms with Crippen LogP contribution >= 0.6 is 0 Å². The molecule has 0 spiro atoms. The van der Waals surface area contributed by atoms with E-state index < -0.39 is 11.7 Å². The second-order valence-corrected chi connectivity index (χ2v) is 9.33. The Hall–Kier alpha value is -3.14. The minimum Gasteiger partial charge on any atom is -0.493 e. The van der Waals surface area contributed by atoms with E-state index in [0.29, 0.717) is 43.4 Å². The number of piperidine rings is 1. The number of hydrogen-bond donors (Lipinski definition) is 2. The van der Waals surface area contributed by atoms with Crippen molar-refractivity contribution < 1.29 is 28.8 Å². The Labute approximate surface area is 210 Å². The summed E-state index contributed by atoms with van der Waals surface area (Å²) in [6, 6.07) is 11.4. The van der Waals surface area contributed by atoms with Gasteiger partial charge in [0, 0.05) is 38.8 Å². The van der Waals surface area contributed by atoms with E-state index in [4.69, 9.17) is 14.2 Å². The Morgan fingerprint density at radius 3 is 2.67 bits per heavy atom. The minimum absolute atomic E-state index is 0.0942. The van der Waals surface area contributed by atoms with Crippen LogP contribution in [0.1, 0.15) is 24.0 Å². The molecule has 2 atom stereocenters. The number of β-amino-alcohol motifs (C(OH)–C–C–N with tert-alkyl or cyclic N) is 1. The van der Waals surface area contributed by atoms with Gasteiger partial charge >= 0.3 is 0 Å². The molecule has 0 bridgehead atoms. The smallest absolute Gasteiger partial charge is 0.161 e. The first-order chi connectivity index (χ1) is 17.3. The van der Waals surface area contributed by atoms with E-state index in [-0.39, 0.29) is 19.0 Å². The zero-order valence-corrected chi connectivity index (χ0v) is 20.8. The molecule has 0 amide bonds. The van der Waals surface area contributed by atoms with E-state index in [2.05, 4.69) is 10.00 Å². The summed E-state index contributed by atoms with van der Waals surface area (Å²) in [6.07, 6.45) is 4.14. The van der Waals surface area contributed by atoms with Crippen LogP contribution in [0.3, 0.4) is 0 Å². The molecule has 194 valence electrons. The van der Waals surface area contributed by atoms with E-state index in [1.165, 1.54) is 24.3 Å². The Morgan fingerprint density at radius 2 is 1.94 bits per heavy atom. The van der Waals surface area contributed by atoms with E-state index in [1.807, 2.05) is 42.2 Å². The van der Waals surface area contributed by atoms with Gasteiger partial charge in [0.2, 0.25) is 0 Å². The predicted molar refractivity (Wildman–Crippen MR) is 133 cm³/mol. The molecular weight excluding hydrogens is 465 g/mol. The summed E-state index contributed by atoms with van der Waals surface area (Å²) in [4.78, 5) is 2.08. The second kappa shape index (κ2) is 11.7. The van der Waals surface area contributed by atoms with Gasteiger partial charge in [-0.05, 0) is 60.9 Å². The number of hydrogen-bond acceptors (Lipinski definition) is 7. The molecule has 1 aromatic heterocycles. The molecule has 8 nitrogen and oxygen atoms in total. The lowest BCUT2D eigenvalue weighted by Gasteiger charge is -2.42. The Balaban J connectivity index is 1.34. The van der Waals surface area contributed by atoms with Crippen LogP contribution in [0.25, 0.3) is 0 Å². The molecule has 1 aliphatic heterocycles. The third kappa shape index (κ3) is 6.75. The van der Waals surface area contributed by atoms with Crippen molar-refractivity contribution >= 4 is 0 Å². The van der Waals surface area contributed by atoms with Crippen molar-refractivity contribution in [3.63, 3.8) is 0 Å². The first kappa shape index (κ1) is 25.9. The summed E-state index contributed by atoms with van der Waals surface area (Å²) in [6.45, 7) is 4.65. The van der Waals surface area contributed by atoms with Gasteiger partial charge in [0.25, 0.3) is 0 Å². The number of aryl methyl sites for hydroxylation is 2. The van der Waals surface area contributed by atoms with Crippen molar-refractivity contribution in [3.8, 4) is 17.2 Å². The standard InChI is InChI=1S/C27H34FN3O5/c1-20-15-29-31(16-20)11-3-13-35-25-14-21(4-9-24(25)34-2)17-30-12-10-26(32)27(33,18-30)19-36-23-7-5-22(28)6-8-23/h4-9,14-16,26,32-33H,3,10-13,17-19H2,1-2H3/t26-,27-/m0/s1. The van der Waals surface area contributed by atoms with E-state index in [9.17, 15) is 14.6 Å². The van der Waals surface area contributed by atoms with Gasteiger partial charge in [0.05, 0.1) is 26.0 Å². The predicted octanol–water partition coefficient (Wildman–Crippen LogP) is 3.19. The van der Waals surface area contributed by atoms with Crippen LogP contribution in [0.5, 0.6) is 17.2 Å². The Bertz CT molecular complexity index is 1120. The highest BCUT2D eigenvalue weighted by Crippen LogP contribution is 2.30. The quantitative estimate of drug-likeness (QED) is 0.392. The third-order valence-electron chi connectivity index (χ3n) is 6.32. The molecule has 9 heteroatoms. The summed E-state index contributed by atoms with van der Waals surface area (Å²) in [7, 11) is 1.61. The molecule has 2 heterocycles. The molecular formula is C27H34FN3O5. The number of halogens is 1. The van der Waals surface area contributed by atoms with Gasteiger partial charge in [-0.1, -0.05) is 6.07 Å². The molecule has 2 N–H and O–H groups in total. The van der Waals surface area contributed by atoms with Crippen LogP contribution in [0.15, 0.2) is 54.9 Å². The van der Waals surface area contributed by atoms with Crippen molar-refractivity contribution in [2.45, 2.75) is 44.6 Å². The maximum atomic E-state index is 13.1. The molecule has 0 unspecified atom stereocenters. The number of rotatable bonds is 11. The molecule has 0 saturated carbocycles. The number of nitrogens with zero attached hydrogens (tertiary/aromatic N) is 3. The van der Waals surface area contributed by atoms with E-state index >= 15 is 0 Å². The number of aromatic nitrogens is 2. The third-order valence-corrected chi connectivity index (χ3v) is 6.32. The van der Waals surface area contributed by atoms with Crippen LogP contribution in [0, 0.1) is 12.7 Å². The van der Waals surface area contributed by atoms with Crippen LogP contribution < -0.4 is 14.2 Å². The lowest BCUT2D eigenvalue weighted by molar-refractivity contribution is -0.140. The average molecular weight is 500 g/mol. The highest BCUT2D eigenvalue weighted by Gasteiger charge is 2.42. The Kier molecular flexibility index (Phi) is 8.45. The van der Waals surface area contributed by atoms with Gasteiger partial charge in [0.15, 0.2) is 11.5 Å². The fourth-order valence-electron chi connectivity index (χ4n) is 4.35. The van der Waals surface area contributed by atoms with Crippen molar-refractivity contribution in [1.29, 1.82) is 0 Å². The van der Waals surface area contributed by atoms with Gasteiger partial charge < -0.3 is 24.4 Å². The molecule has 4 rings (SSSR count). The largest absolute Gasteiger partial charge is 0.493 e. The summed E-state index contributed by atoms with van der Waals surface area (Å²) in [5.41, 5.74) is 0.694. The summed E-state index contributed by atoms with van der Waals surface area (Å²) in [5.74, 6) is 1.40. The van der Waals surface area contributed by atoms with Gasteiger partial charge in [-0.25, -0.2) is 4.39 Å². The van der Waals surface area contributed by atoms with E-state index in [1.54, 1.807) is 7.11 Å². The topological polar surface area (TPSA) is 89.2 Å². The molecule has 2 aromatic carbocycles. The number of ether oxygens (including phenoxy) is 3. The number of methoxy groups -OCH3 is 1. The second-order valence-electron chi connectivity index (χ2n) is 9.33. The van der Waals surface area contributed by atoms with Crippen molar-refractivity contribution in [2.75, 3.05) is 33.4 Å². The summed E-state index contributed by atoms with van der Waals surface area (Å²) < 4.78 is 32.2. The fraction of sp³-hybridized carbons (Fsp3) is 0.444. The lowest BCUT2D eigenvalue weighted by atomic mass is 9.90. The monoisotopic (exact) mass is 499 g/mol. The number of benzene rings is 2. The SMILES string of the molecule is COc1ccc(CN2CC[C@H](O)[C@@](O)(COc3ccc(F)cc3)C2)cc1OCCCn1cc(C)cn1. The van der Waals surface area contributed by atoms with Crippen LogP contribution in [-0.4, -0.2) is 70.0 Å². The van der Waals surface area contributed by atoms with Gasteiger partial charge in [-0.15, -0.1) is 0 Å².